The maximum absolute atomic E-state index is 13.5. The molecule has 3 heterocycles. The molecule has 0 unspecified atom stereocenters. The van der Waals surface area contributed by atoms with Gasteiger partial charge in [0.15, 0.2) is 5.78 Å². The predicted octanol–water partition coefficient (Wildman–Crippen LogP) is 6.30. The van der Waals surface area contributed by atoms with Crippen LogP contribution in [0, 0.1) is 11.3 Å². The number of carbonyl (C=O) groups excluding carboxylic acids is 1. The van der Waals surface area contributed by atoms with E-state index < -0.39 is 16.1 Å². The second-order valence-electron chi connectivity index (χ2n) is 10.5. The molecule has 3 aromatic carbocycles. The number of hydrogen-bond acceptors (Lipinski definition) is 7. The number of benzene rings is 3. The number of ether oxygens (including phenoxy) is 1. The second kappa shape index (κ2) is 12.2. The number of carbonyl (C=O) groups is 1. The van der Waals surface area contributed by atoms with Gasteiger partial charge in [0.05, 0.1) is 23.4 Å². The van der Waals surface area contributed by atoms with Crippen molar-refractivity contribution in [3.05, 3.63) is 114 Å². The first-order valence-electron chi connectivity index (χ1n) is 14.1. The molecule has 2 aromatic heterocycles. The number of sulfonamides is 1. The van der Waals surface area contributed by atoms with Crippen LogP contribution in [0.5, 0.6) is 5.75 Å². The monoisotopic (exact) mass is 591 g/mol. The lowest BCUT2D eigenvalue weighted by Crippen LogP contribution is -2.40. The Morgan fingerprint density at radius 3 is 2.63 bits per heavy atom. The number of pyridine rings is 1. The summed E-state index contributed by atoms with van der Waals surface area (Å²) in [5, 5.41) is 9.99. The summed E-state index contributed by atoms with van der Waals surface area (Å²) in [4.78, 5) is 17.9. The van der Waals surface area contributed by atoms with Gasteiger partial charge in [-0.3, -0.25) is 9.78 Å². The van der Waals surface area contributed by atoms with E-state index in [1.807, 2.05) is 54.6 Å². The number of aromatic nitrogens is 1. The van der Waals surface area contributed by atoms with E-state index in [1.54, 1.807) is 36.5 Å². The van der Waals surface area contributed by atoms with E-state index in [0.717, 1.165) is 16.7 Å². The largest absolute Gasteiger partial charge is 0.488 e. The van der Waals surface area contributed by atoms with Crippen LogP contribution in [-0.2, 0) is 27.8 Å². The van der Waals surface area contributed by atoms with E-state index in [4.69, 9.17) is 9.15 Å². The minimum absolute atomic E-state index is 0.124. The number of aryl methyl sites for hydroxylation is 1. The van der Waals surface area contributed by atoms with Crippen LogP contribution in [0.1, 0.15) is 36.0 Å². The lowest BCUT2D eigenvalue weighted by atomic mass is 10.0. The Kier molecular flexibility index (Phi) is 8.05. The summed E-state index contributed by atoms with van der Waals surface area (Å²) in [5.41, 5.74) is 4.26. The summed E-state index contributed by atoms with van der Waals surface area (Å²) < 4.78 is 40.0. The molecule has 0 bridgehead atoms. The summed E-state index contributed by atoms with van der Waals surface area (Å²) in [6.07, 6.45) is 3.39. The Morgan fingerprint density at radius 1 is 1.00 bits per heavy atom. The number of para-hydroxylation sites is 1. The predicted molar refractivity (Wildman–Crippen MR) is 162 cm³/mol. The molecule has 0 aliphatic carbocycles. The van der Waals surface area contributed by atoms with E-state index in [-0.39, 0.29) is 23.8 Å². The maximum atomic E-state index is 13.5. The van der Waals surface area contributed by atoms with Crippen LogP contribution >= 0.6 is 0 Å². The van der Waals surface area contributed by atoms with E-state index in [9.17, 15) is 18.5 Å². The van der Waals surface area contributed by atoms with Gasteiger partial charge in [-0.1, -0.05) is 48.5 Å². The molecule has 0 amide bonds. The SMILES string of the molecule is N#Cc1ccc(-c2cc(CCC(=O)[C@@H]3CCCN3S(=O)(=O)c3cc4ccccc4o3)ccn2)c(OCc2ccccc2)c1. The van der Waals surface area contributed by atoms with Crippen molar-refractivity contribution in [3.8, 4) is 23.1 Å². The molecular formula is C34H29N3O5S. The quantitative estimate of drug-likeness (QED) is 0.187. The van der Waals surface area contributed by atoms with Crippen LogP contribution in [0.25, 0.3) is 22.2 Å². The molecule has 216 valence electrons. The van der Waals surface area contributed by atoms with Crippen molar-refractivity contribution in [1.29, 1.82) is 5.26 Å². The summed E-state index contributed by atoms with van der Waals surface area (Å²) in [6, 6.07) is 28.8. The number of Topliss-reactive ketones (excluding diaryl/α,β-unsaturated/α-hetero) is 1. The number of fused-ring (bicyclic) bond motifs is 1. The van der Waals surface area contributed by atoms with Gasteiger partial charge in [0, 0.05) is 36.2 Å². The molecule has 43 heavy (non-hydrogen) atoms. The zero-order valence-electron chi connectivity index (χ0n) is 23.3. The number of nitrogens with zero attached hydrogens (tertiary/aromatic N) is 3. The number of hydrogen-bond donors (Lipinski definition) is 0. The lowest BCUT2D eigenvalue weighted by Gasteiger charge is -2.21. The van der Waals surface area contributed by atoms with E-state index >= 15 is 0 Å². The standard InChI is InChI=1S/C34H29N3O5S/c35-22-26-12-14-28(33(20-26)41-23-25-7-2-1-3-8-25)29-19-24(16-17-36-29)13-15-31(38)30-10-6-18-37(30)43(39,40)34-21-27-9-4-5-11-32(27)42-34/h1-5,7-9,11-12,14,16-17,19-21,30H,6,10,13,15,18,23H2/t30-/m0/s1. The summed E-state index contributed by atoms with van der Waals surface area (Å²) in [6.45, 7) is 0.616. The Hall–Kier alpha value is -4.78. The third-order valence-corrected chi connectivity index (χ3v) is 9.41. The molecule has 6 rings (SSSR count). The van der Waals surface area contributed by atoms with Gasteiger partial charge in [-0.2, -0.15) is 9.57 Å². The normalized spacial score (nSPS) is 15.4. The van der Waals surface area contributed by atoms with Crippen molar-refractivity contribution in [3.63, 3.8) is 0 Å². The molecule has 0 N–H and O–H groups in total. The molecule has 0 radical (unpaired) electrons. The fourth-order valence-corrected chi connectivity index (χ4v) is 7.05. The molecule has 1 atom stereocenters. The highest BCUT2D eigenvalue weighted by Gasteiger charge is 2.40. The fourth-order valence-electron chi connectivity index (χ4n) is 5.42. The summed E-state index contributed by atoms with van der Waals surface area (Å²) in [7, 11) is -3.96. The van der Waals surface area contributed by atoms with Crippen LogP contribution in [0.3, 0.4) is 0 Å². The Labute approximate surface area is 250 Å². The second-order valence-corrected chi connectivity index (χ2v) is 12.3. The highest BCUT2D eigenvalue weighted by atomic mass is 32.2. The molecule has 1 saturated heterocycles. The van der Waals surface area contributed by atoms with Gasteiger partial charge >= 0.3 is 0 Å². The van der Waals surface area contributed by atoms with Crippen LogP contribution in [0.2, 0.25) is 0 Å². The minimum atomic E-state index is -3.96. The summed E-state index contributed by atoms with van der Waals surface area (Å²) >= 11 is 0. The molecular weight excluding hydrogens is 562 g/mol. The number of nitriles is 1. The van der Waals surface area contributed by atoms with Crippen LogP contribution in [0.15, 0.2) is 107 Å². The van der Waals surface area contributed by atoms with Crippen molar-refractivity contribution >= 4 is 26.8 Å². The van der Waals surface area contributed by atoms with Gasteiger partial charge in [0.1, 0.15) is 17.9 Å². The first kappa shape index (κ1) is 28.3. The average Bonchev–Trinajstić information content (AvgIpc) is 3.72. The smallest absolute Gasteiger partial charge is 0.277 e. The fraction of sp³-hybridized carbons (Fsp3) is 0.206. The van der Waals surface area contributed by atoms with Gasteiger partial charge in [0.2, 0.25) is 5.09 Å². The van der Waals surface area contributed by atoms with E-state index in [0.29, 0.717) is 53.8 Å². The Balaban J connectivity index is 1.17. The molecule has 0 saturated carbocycles. The molecule has 8 nitrogen and oxygen atoms in total. The third kappa shape index (κ3) is 6.07. The molecule has 5 aromatic rings. The average molecular weight is 592 g/mol. The topological polar surface area (TPSA) is 114 Å². The van der Waals surface area contributed by atoms with Crippen molar-refractivity contribution in [2.45, 2.75) is 43.4 Å². The maximum Gasteiger partial charge on any atom is 0.277 e. The van der Waals surface area contributed by atoms with Crippen LogP contribution in [0.4, 0.5) is 0 Å². The van der Waals surface area contributed by atoms with Gasteiger partial charge < -0.3 is 9.15 Å². The van der Waals surface area contributed by atoms with Gasteiger partial charge in [-0.15, -0.1) is 0 Å². The molecule has 0 spiro atoms. The third-order valence-electron chi connectivity index (χ3n) is 7.65. The van der Waals surface area contributed by atoms with Crippen molar-refractivity contribution in [2.75, 3.05) is 6.54 Å². The van der Waals surface area contributed by atoms with Crippen molar-refractivity contribution < 1.29 is 22.4 Å². The molecule has 1 aliphatic rings. The van der Waals surface area contributed by atoms with E-state index in [1.165, 1.54) is 10.4 Å². The minimum Gasteiger partial charge on any atom is -0.488 e. The number of furan rings is 1. The zero-order chi connectivity index (χ0) is 29.8. The first-order chi connectivity index (χ1) is 20.9. The van der Waals surface area contributed by atoms with Gasteiger partial charge in [-0.05, 0) is 66.8 Å². The van der Waals surface area contributed by atoms with Crippen LogP contribution in [-0.4, -0.2) is 36.1 Å². The number of ketones is 1. The highest BCUT2D eigenvalue weighted by molar-refractivity contribution is 7.89. The van der Waals surface area contributed by atoms with Crippen molar-refractivity contribution in [2.24, 2.45) is 0 Å². The van der Waals surface area contributed by atoms with Gasteiger partial charge in [0.25, 0.3) is 10.0 Å². The molecule has 9 heteroatoms. The zero-order valence-corrected chi connectivity index (χ0v) is 24.2. The Morgan fingerprint density at radius 2 is 1.81 bits per heavy atom. The van der Waals surface area contributed by atoms with E-state index in [2.05, 4.69) is 11.1 Å². The lowest BCUT2D eigenvalue weighted by molar-refractivity contribution is -0.122. The van der Waals surface area contributed by atoms with Gasteiger partial charge in [-0.25, -0.2) is 8.42 Å². The first-order valence-corrected chi connectivity index (χ1v) is 15.6. The van der Waals surface area contributed by atoms with Crippen molar-refractivity contribution in [1.82, 2.24) is 9.29 Å². The number of rotatable bonds is 10. The molecule has 1 fully saturated rings. The molecule has 1 aliphatic heterocycles. The Bertz CT molecular complexity index is 1900. The van der Waals surface area contributed by atoms with Crippen LogP contribution < -0.4 is 4.74 Å². The highest BCUT2D eigenvalue weighted by Crippen LogP contribution is 2.33. The summed E-state index contributed by atoms with van der Waals surface area (Å²) in [5.74, 6) is 0.418.